The molecule has 0 aliphatic heterocycles. The SMILES string of the molecule is c1ccc(-c2cccc(-n3c4ccccc4c4c(N(c5ccccc5)c5ccccc5-c5cccc6ccccc56)cccc43)c2-c2ccccc2)cc1. The van der Waals surface area contributed by atoms with Gasteiger partial charge in [0.25, 0.3) is 0 Å². The molecule has 0 radical (unpaired) electrons. The highest BCUT2D eigenvalue weighted by molar-refractivity contribution is 6.17. The van der Waals surface area contributed by atoms with Gasteiger partial charge in [-0.1, -0.05) is 176 Å². The van der Waals surface area contributed by atoms with Gasteiger partial charge in [0.1, 0.15) is 0 Å². The average molecular weight is 689 g/mol. The summed E-state index contributed by atoms with van der Waals surface area (Å²) in [5.74, 6) is 0. The van der Waals surface area contributed by atoms with Crippen LogP contribution in [0.2, 0.25) is 0 Å². The third-order valence-corrected chi connectivity index (χ3v) is 10.6. The Morgan fingerprint density at radius 2 is 0.870 bits per heavy atom. The predicted molar refractivity (Wildman–Crippen MR) is 229 cm³/mol. The average Bonchev–Trinajstić information content (AvgIpc) is 3.59. The molecule has 0 fully saturated rings. The zero-order valence-corrected chi connectivity index (χ0v) is 29.7. The summed E-state index contributed by atoms with van der Waals surface area (Å²) >= 11 is 0. The molecule has 0 unspecified atom stereocenters. The molecule has 9 aromatic carbocycles. The van der Waals surface area contributed by atoms with Crippen LogP contribution in [0.3, 0.4) is 0 Å². The Morgan fingerprint density at radius 3 is 1.69 bits per heavy atom. The van der Waals surface area contributed by atoms with Crippen LogP contribution in [0, 0.1) is 0 Å². The van der Waals surface area contributed by atoms with Crippen LogP contribution in [0.25, 0.3) is 71.6 Å². The van der Waals surface area contributed by atoms with Crippen molar-refractivity contribution in [2.24, 2.45) is 0 Å². The Hall–Kier alpha value is -7.16. The fourth-order valence-electron chi connectivity index (χ4n) is 8.28. The molecule has 0 bridgehead atoms. The molecule has 0 atom stereocenters. The number of fused-ring (bicyclic) bond motifs is 4. The van der Waals surface area contributed by atoms with Crippen molar-refractivity contribution in [1.29, 1.82) is 0 Å². The number of para-hydroxylation sites is 3. The molecular formula is C52H36N2. The molecule has 254 valence electrons. The van der Waals surface area contributed by atoms with Gasteiger partial charge in [0.05, 0.1) is 28.1 Å². The molecular weight excluding hydrogens is 653 g/mol. The van der Waals surface area contributed by atoms with E-state index in [0.717, 1.165) is 33.8 Å². The molecule has 0 saturated heterocycles. The monoisotopic (exact) mass is 688 g/mol. The first-order valence-corrected chi connectivity index (χ1v) is 18.5. The summed E-state index contributed by atoms with van der Waals surface area (Å²) in [6.07, 6.45) is 0. The molecule has 1 heterocycles. The first-order valence-electron chi connectivity index (χ1n) is 18.5. The number of benzene rings is 9. The summed E-state index contributed by atoms with van der Waals surface area (Å²) in [7, 11) is 0. The minimum absolute atomic E-state index is 1.10. The molecule has 0 amide bonds. The summed E-state index contributed by atoms with van der Waals surface area (Å²) in [5, 5.41) is 4.87. The molecule has 10 rings (SSSR count). The van der Waals surface area contributed by atoms with Gasteiger partial charge in [-0.25, -0.2) is 0 Å². The van der Waals surface area contributed by atoms with Crippen LogP contribution in [0.5, 0.6) is 0 Å². The van der Waals surface area contributed by atoms with Gasteiger partial charge < -0.3 is 9.47 Å². The normalized spacial score (nSPS) is 11.3. The lowest BCUT2D eigenvalue weighted by atomic mass is 9.93. The van der Waals surface area contributed by atoms with Gasteiger partial charge in [-0.15, -0.1) is 0 Å². The van der Waals surface area contributed by atoms with Crippen LogP contribution in [0.15, 0.2) is 218 Å². The Kier molecular flexibility index (Phi) is 7.85. The number of rotatable bonds is 7. The smallest absolute Gasteiger partial charge is 0.0562 e. The molecule has 0 saturated carbocycles. The third-order valence-electron chi connectivity index (χ3n) is 10.6. The highest BCUT2D eigenvalue weighted by Gasteiger charge is 2.24. The molecule has 0 N–H and O–H groups in total. The minimum Gasteiger partial charge on any atom is -0.309 e. The number of nitrogens with zero attached hydrogens (tertiary/aromatic N) is 2. The molecule has 0 aliphatic carbocycles. The van der Waals surface area contributed by atoms with Crippen LogP contribution >= 0.6 is 0 Å². The van der Waals surface area contributed by atoms with E-state index in [1.807, 2.05) is 0 Å². The topological polar surface area (TPSA) is 8.17 Å². The van der Waals surface area contributed by atoms with Crippen molar-refractivity contribution in [1.82, 2.24) is 4.57 Å². The van der Waals surface area contributed by atoms with Crippen molar-refractivity contribution in [3.63, 3.8) is 0 Å². The van der Waals surface area contributed by atoms with Crippen molar-refractivity contribution < 1.29 is 0 Å². The first kappa shape index (κ1) is 31.6. The van der Waals surface area contributed by atoms with Crippen LogP contribution in [0.1, 0.15) is 0 Å². The van der Waals surface area contributed by atoms with Crippen LogP contribution in [0.4, 0.5) is 17.1 Å². The number of aromatic nitrogens is 1. The zero-order chi connectivity index (χ0) is 35.8. The molecule has 10 aromatic rings. The number of hydrogen-bond donors (Lipinski definition) is 0. The summed E-state index contributed by atoms with van der Waals surface area (Å²) in [5.41, 5.74) is 14.0. The maximum Gasteiger partial charge on any atom is 0.0562 e. The van der Waals surface area contributed by atoms with Gasteiger partial charge in [-0.05, 0) is 75.5 Å². The lowest BCUT2D eigenvalue weighted by molar-refractivity contribution is 1.18. The third kappa shape index (κ3) is 5.27. The van der Waals surface area contributed by atoms with E-state index in [4.69, 9.17) is 0 Å². The Balaban J connectivity index is 1.29. The Labute approximate surface area is 315 Å². The van der Waals surface area contributed by atoms with Crippen molar-refractivity contribution >= 4 is 49.6 Å². The van der Waals surface area contributed by atoms with Crippen LogP contribution in [-0.4, -0.2) is 4.57 Å². The summed E-state index contributed by atoms with van der Waals surface area (Å²) in [6, 6.07) is 78.9. The molecule has 54 heavy (non-hydrogen) atoms. The van der Waals surface area contributed by atoms with Gasteiger partial charge in [0.2, 0.25) is 0 Å². The van der Waals surface area contributed by atoms with Gasteiger partial charge in [0.15, 0.2) is 0 Å². The van der Waals surface area contributed by atoms with E-state index < -0.39 is 0 Å². The maximum absolute atomic E-state index is 2.47. The van der Waals surface area contributed by atoms with Gasteiger partial charge in [-0.2, -0.15) is 0 Å². The predicted octanol–water partition coefficient (Wildman–Crippen LogP) is 14.4. The number of hydrogen-bond acceptors (Lipinski definition) is 1. The Bertz CT molecular complexity index is 2920. The fraction of sp³-hybridized carbons (Fsp3) is 0. The van der Waals surface area contributed by atoms with Crippen molar-refractivity contribution in [3.8, 4) is 39.1 Å². The van der Waals surface area contributed by atoms with E-state index in [1.165, 1.54) is 54.9 Å². The van der Waals surface area contributed by atoms with Gasteiger partial charge in [-0.3, -0.25) is 0 Å². The minimum atomic E-state index is 1.10. The lowest BCUT2D eigenvalue weighted by Crippen LogP contribution is -2.11. The van der Waals surface area contributed by atoms with E-state index in [9.17, 15) is 0 Å². The molecule has 0 aliphatic rings. The van der Waals surface area contributed by atoms with Crippen molar-refractivity contribution in [3.05, 3.63) is 218 Å². The van der Waals surface area contributed by atoms with E-state index >= 15 is 0 Å². The van der Waals surface area contributed by atoms with Crippen LogP contribution in [-0.2, 0) is 0 Å². The zero-order valence-electron chi connectivity index (χ0n) is 29.7. The quantitative estimate of drug-likeness (QED) is 0.162. The lowest BCUT2D eigenvalue weighted by Gasteiger charge is -2.29. The molecule has 2 nitrogen and oxygen atoms in total. The second-order valence-electron chi connectivity index (χ2n) is 13.7. The maximum atomic E-state index is 2.47. The summed E-state index contributed by atoms with van der Waals surface area (Å²) in [6.45, 7) is 0. The molecule has 0 spiro atoms. The van der Waals surface area contributed by atoms with E-state index in [-0.39, 0.29) is 0 Å². The highest BCUT2D eigenvalue weighted by Crippen LogP contribution is 2.48. The van der Waals surface area contributed by atoms with Crippen molar-refractivity contribution in [2.45, 2.75) is 0 Å². The largest absolute Gasteiger partial charge is 0.309 e. The van der Waals surface area contributed by atoms with Crippen LogP contribution < -0.4 is 4.90 Å². The highest BCUT2D eigenvalue weighted by atomic mass is 15.2. The number of anilines is 3. The van der Waals surface area contributed by atoms with Gasteiger partial charge in [0, 0.05) is 27.6 Å². The van der Waals surface area contributed by atoms with E-state index in [2.05, 4.69) is 228 Å². The Morgan fingerprint density at radius 1 is 0.333 bits per heavy atom. The second-order valence-corrected chi connectivity index (χ2v) is 13.7. The summed E-state index contributed by atoms with van der Waals surface area (Å²) < 4.78 is 2.47. The summed E-state index contributed by atoms with van der Waals surface area (Å²) in [4.78, 5) is 2.45. The second kappa shape index (κ2) is 13.4. The van der Waals surface area contributed by atoms with Gasteiger partial charge >= 0.3 is 0 Å². The molecule has 1 aromatic heterocycles. The fourth-order valence-corrected chi connectivity index (χ4v) is 8.28. The van der Waals surface area contributed by atoms with E-state index in [1.54, 1.807) is 0 Å². The first-order chi connectivity index (χ1) is 26.8. The van der Waals surface area contributed by atoms with Crippen molar-refractivity contribution in [2.75, 3.05) is 4.90 Å². The van der Waals surface area contributed by atoms with E-state index in [0.29, 0.717) is 0 Å². The standard InChI is InChI=1S/C52H36N2/c1-4-19-38(20-5-1)42-30-17-34-48(51(42)39-22-6-2-7-23-39)54-47-33-15-13-29-45(47)52-49(35-18-36-50(52)54)53(40-25-8-3-9-26-40)46-32-14-12-28-44(46)43-31-16-24-37-21-10-11-27-41(37)43/h1-36H. The molecule has 2 heteroatoms.